The molecule has 0 spiro atoms. The first kappa shape index (κ1) is 15.6. The summed E-state index contributed by atoms with van der Waals surface area (Å²) in [5.41, 5.74) is 2.13. The molecule has 0 aliphatic heterocycles. The smallest absolute Gasteiger partial charge is 0.242 e. The summed E-state index contributed by atoms with van der Waals surface area (Å²) in [6.07, 6.45) is 0. The molecule has 0 fully saturated rings. The van der Waals surface area contributed by atoms with Crippen LogP contribution in [0.4, 0.5) is 5.13 Å². The van der Waals surface area contributed by atoms with Crippen LogP contribution in [-0.4, -0.2) is 36.4 Å². The second-order valence-corrected chi connectivity index (χ2v) is 6.58. The van der Waals surface area contributed by atoms with Crippen LogP contribution in [0.15, 0.2) is 54.6 Å². The first-order valence-corrected chi connectivity index (χ1v) is 8.30. The minimum Gasteiger partial charge on any atom is -0.293 e. The van der Waals surface area contributed by atoms with Crippen LogP contribution in [0.1, 0.15) is 5.56 Å². The Morgan fingerprint density at radius 3 is 2.48 bits per heavy atom. The van der Waals surface area contributed by atoms with E-state index in [0.29, 0.717) is 6.54 Å². The van der Waals surface area contributed by atoms with E-state index in [2.05, 4.69) is 17.1 Å². The highest BCUT2D eigenvalue weighted by molar-refractivity contribution is 7.22. The topological polar surface area (TPSA) is 36.4 Å². The van der Waals surface area contributed by atoms with Gasteiger partial charge in [-0.15, -0.1) is 0 Å². The van der Waals surface area contributed by atoms with Crippen molar-refractivity contribution in [2.45, 2.75) is 6.54 Å². The van der Waals surface area contributed by atoms with Gasteiger partial charge in [0.15, 0.2) is 5.13 Å². The molecule has 1 amide bonds. The number of para-hydroxylation sites is 1. The lowest BCUT2D eigenvalue weighted by Crippen LogP contribution is -2.36. The summed E-state index contributed by atoms with van der Waals surface area (Å²) < 4.78 is 1.10. The first-order valence-electron chi connectivity index (χ1n) is 7.48. The Bertz CT molecular complexity index is 767. The molecule has 4 nitrogen and oxygen atoms in total. The van der Waals surface area contributed by atoms with Gasteiger partial charge in [0.05, 0.1) is 16.8 Å². The molecule has 1 aromatic heterocycles. The molecule has 118 valence electrons. The van der Waals surface area contributed by atoms with Gasteiger partial charge in [-0.3, -0.25) is 14.6 Å². The van der Waals surface area contributed by atoms with Gasteiger partial charge in [0.1, 0.15) is 0 Å². The number of carbonyl (C=O) groups excluding carboxylic acids is 1. The molecule has 23 heavy (non-hydrogen) atoms. The number of aromatic nitrogens is 1. The van der Waals surface area contributed by atoms with Gasteiger partial charge >= 0.3 is 0 Å². The molecule has 0 aliphatic rings. The number of fused-ring (bicyclic) bond motifs is 1. The average molecular weight is 325 g/mol. The Kier molecular flexibility index (Phi) is 4.69. The predicted molar refractivity (Wildman–Crippen MR) is 95.8 cm³/mol. The number of anilines is 1. The van der Waals surface area contributed by atoms with Crippen molar-refractivity contribution < 1.29 is 4.79 Å². The Hall–Kier alpha value is -2.24. The lowest BCUT2D eigenvalue weighted by Gasteiger charge is -2.20. The van der Waals surface area contributed by atoms with Gasteiger partial charge in [-0.2, -0.15) is 0 Å². The van der Waals surface area contributed by atoms with Crippen molar-refractivity contribution in [3.63, 3.8) is 0 Å². The molecule has 0 aliphatic carbocycles. The standard InChI is InChI=1S/C18H19N3OS/c1-20(12-14-8-4-3-5-9-14)13-17(22)21(2)18-19-15-10-6-7-11-16(15)23-18/h3-11H,12-13H2,1-2H3. The molecule has 0 atom stereocenters. The quantitative estimate of drug-likeness (QED) is 0.721. The molecule has 0 bridgehead atoms. The first-order chi connectivity index (χ1) is 11.1. The van der Waals surface area contributed by atoms with Crippen LogP contribution in [-0.2, 0) is 11.3 Å². The Labute approximate surface area is 140 Å². The van der Waals surface area contributed by atoms with Crippen molar-refractivity contribution in [2.75, 3.05) is 25.5 Å². The number of hydrogen-bond donors (Lipinski definition) is 0. The van der Waals surface area contributed by atoms with Gasteiger partial charge in [-0.1, -0.05) is 53.8 Å². The summed E-state index contributed by atoms with van der Waals surface area (Å²) in [5, 5.41) is 0.740. The zero-order chi connectivity index (χ0) is 16.2. The van der Waals surface area contributed by atoms with Crippen LogP contribution in [0.3, 0.4) is 0 Å². The van der Waals surface area contributed by atoms with E-state index in [1.807, 2.05) is 54.4 Å². The maximum atomic E-state index is 12.5. The number of carbonyl (C=O) groups is 1. The number of likely N-dealkylation sites (N-methyl/N-ethyl adjacent to an activating group) is 2. The van der Waals surface area contributed by atoms with Crippen molar-refractivity contribution in [2.24, 2.45) is 0 Å². The maximum absolute atomic E-state index is 12.5. The van der Waals surface area contributed by atoms with Crippen LogP contribution in [0.5, 0.6) is 0 Å². The predicted octanol–water partition coefficient (Wildman–Crippen LogP) is 3.39. The number of nitrogens with zero attached hydrogens (tertiary/aromatic N) is 3. The third-order valence-electron chi connectivity index (χ3n) is 3.64. The zero-order valence-corrected chi connectivity index (χ0v) is 14.1. The molecular weight excluding hydrogens is 306 g/mol. The lowest BCUT2D eigenvalue weighted by molar-refractivity contribution is -0.119. The molecule has 0 N–H and O–H groups in total. The molecule has 5 heteroatoms. The zero-order valence-electron chi connectivity index (χ0n) is 13.3. The second kappa shape index (κ2) is 6.89. The van der Waals surface area contributed by atoms with Crippen molar-refractivity contribution in [1.82, 2.24) is 9.88 Å². The van der Waals surface area contributed by atoms with Crippen molar-refractivity contribution in [3.05, 3.63) is 60.2 Å². The summed E-state index contributed by atoms with van der Waals surface area (Å²) in [7, 11) is 3.74. The summed E-state index contributed by atoms with van der Waals surface area (Å²) >= 11 is 1.54. The number of amides is 1. The van der Waals surface area contributed by atoms with Crippen molar-refractivity contribution >= 4 is 32.6 Å². The van der Waals surface area contributed by atoms with Crippen LogP contribution >= 0.6 is 11.3 Å². The van der Waals surface area contributed by atoms with Crippen molar-refractivity contribution in [1.29, 1.82) is 0 Å². The molecular formula is C18H19N3OS. The third-order valence-corrected chi connectivity index (χ3v) is 4.76. The molecule has 3 rings (SSSR count). The summed E-state index contributed by atoms with van der Waals surface area (Å²) in [6.45, 7) is 1.11. The van der Waals surface area contributed by atoms with Gasteiger partial charge in [-0.05, 0) is 24.7 Å². The van der Waals surface area contributed by atoms with Crippen LogP contribution in [0, 0.1) is 0 Å². The maximum Gasteiger partial charge on any atom is 0.242 e. The molecule has 0 saturated carbocycles. The van der Waals surface area contributed by atoms with E-state index in [0.717, 1.165) is 21.9 Å². The van der Waals surface area contributed by atoms with E-state index in [1.165, 1.54) is 5.56 Å². The summed E-state index contributed by atoms with van der Waals surface area (Å²) in [4.78, 5) is 20.7. The van der Waals surface area contributed by atoms with Gasteiger partial charge in [0, 0.05) is 13.6 Å². The van der Waals surface area contributed by atoms with Crippen LogP contribution < -0.4 is 4.90 Å². The van der Waals surface area contributed by atoms with E-state index >= 15 is 0 Å². The molecule has 0 radical (unpaired) electrons. The molecule has 2 aromatic carbocycles. The fourth-order valence-electron chi connectivity index (χ4n) is 2.40. The Balaban J connectivity index is 1.65. The summed E-state index contributed by atoms with van der Waals surface area (Å²) in [5.74, 6) is 0.0440. The summed E-state index contributed by atoms with van der Waals surface area (Å²) in [6, 6.07) is 18.1. The molecule has 1 heterocycles. The largest absolute Gasteiger partial charge is 0.293 e. The van der Waals surface area contributed by atoms with Gasteiger partial charge in [0.25, 0.3) is 0 Å². The van der Waals surface area contributed by atoms with Gasteiger partial charge in [-0.25, -0.2) is 4.98 Å². The van der Waals surface area contributed by atoms with E-state index in [4.69, 9.17) is 0 Å². The number of benzene rings is 2. The number of hydrogen-bond acceptors (Lipinski definition) is 4. The average Bonchev–Trinajstić information content (AvgIpc) is 2.98. The van der Waals surface area contributed by atoms with E-state index in [-0.39, 0.29) is 5.91 Å². The fourth-order valence-corrected chi connectivity index (χ4v) is 3.34. The Morgan fingerprint density at radius 2 is 1.74 bits per heavy atom. The molecule has 0 saturated heterocycles. The molecule has 3 aromatic rings. The third kappa shape index (κ3) is 3.75. The fraction of sp³-hybridized carbons (Fsp3) is 0.222. The van der Waals surface area contributed by atoms with E-state index < -0.39 is 0 Å². The Morgan fingerprint density at radius 1 is 1.04 bits per heavy atom. The minimum absolute atomic E-state index is 0.0440. The second-order valence-electron chi connectivity index (χ2n) is 5.57. The highest BCUT2D eigenvalue weighted by Crippen LogP contribution is 2.27. The van der Waals surface area contributed by atoms with Crippen LogP contribution in [0.2, 0.25) is 0 Å². The molecule has 0 unspecified atom stereocenters. The van der Waals surface area contributed by atoms with Gasteiger partial charge in [0.2, 0.25) is 5.91 Å². The van der Waals surface area contributed by atoms with E-state index in [9.17, 15) is 4.79 Å². The number of thiazole rings is 1. The number of rotatable bonds is 5. The lowest BCUT2D eigenvalue weighted by atomic mass is 10.2. The monoisotopic (exact) mass is 325 g/mol. The normalized spacial score (nSPS) is 11.1. The van der Waals surface area contributed by atoms with E-state index in [1.54, 1.807) is 23.3 Å². The van der Waals surface area contributed by atoms with Crippen molar-refractivity contribution in [3.8, 4) is 0 Å². The highest BCUT2D eigenvalue weighted by atomic mass is 32.1. The SMILES string of the molecule is CN(CC(=O)N(C)c1nc2ccccc2s1)Cc1ccccc1. The highest BCUT2D eigenvalue weighted by Gasteiger charge is 2.17. The minimum atomic E-state index is 0.0440. The van der Waals surface area contributed by atoms with Gasteiger partial charge < -0.3 is 0 Å². The van der Waals surface area contributed by atoms with Crippen LogP contribution in [0.25, 0.3) is 10.2 Å².